The van der Waals surface area contributed by atoms with Crippen molar-refractivity contribution in [2.75, 3.05) is 23.4 Å². The molecule has 1 heterocycles. The molecule has 0 bridgehead atoms. The fraction of sp³-hybridized carbons (Fsp3) is 0.167. The number of esters is 1. The van der Waals surface area contributed by atoms with Crippen molar-refractivity contribution in [3.8, 4) is 11.5 Å². The number of carbonyl (C=O) groups excluding carboxylic acids is 3. The predicted octanol–water partition coefficient (Wildman–Crippen LogP) is 5.48. The molecule has 7 heteroatoms. The zero-order valence-electron chi connectivity index (χ0n) is 20.3. The van der Waals surface area contributed by atoms with Gasteiger partial charge < -0.3 is 19.7 Å². The number of fused-ring (bicyclic) bond motifs is 1. The van der Waals surface area contributed by atoms with Gasteiger partial charge in [0, 0.05) is 29.7 Å². The average molecular weight is 495 g/mol. The molecule has 2 amide bonds. The second-order valence-electron chi connectivity index (χ2n) is 9.00. The highest BCUT2D eigenvalue weighted by atomic mass is 16.5. The van der Waals surface area contributed by atoms with E-state index in [1.54, 1.807) is 35.2 Å². The molecule has 5 rings (SSSR count). The van der Waals surface area contributed by atoms with E-state index in [1.165, 1.54) is 0 Å². The average Bonchev–Trinajstić information content (AvgIpc) is 3.29. The lowest BCUT2D eigenvalue weighted by Crippen LogP contribution is -2.28. The van der Waals surface area contributed by atoms with Crippen molar-refractivity contribution < 1.29 is 23.9 Å². The molecule has 0 saturated carbocycles. The van der Waals surface area contributed by atoms with Crippen LogP contribution in [0.5, 0.6) is 11.5 Å². The van der Waals surface area contributed by atoms with E-state index < -0.39 is 24.4 Å². The number of benzene rings is 4. The number of rotatable bonds is 7. The van der Waals surface area contributed by atoms with Crippen LogP contribution in [-0.2, 0) is 19.1 Å². The minimum atomic E-state index is -0.633. The maximum atomic E-state index is 12.6. The monoisotopic (exact) mass is 494 g/mol. The molecule has 1 fully saturated rings. The molecule has 1 saturated heterocycles. The number of amides is 2. The van der Waals surface area contributed by atoms with Crippen LogP contribution >= 0.6 is 0 Å². The van der Waals surface area contributed by atoms with Gasteiger partial charge in [0.25, 0.3) is 5.91 Å². The van der Waals surface area contributed by atoms with Crippen LogP contribution < -0.4 is 15.0 Å². The van der Waals surface area contributed by atoms with Crippen LogP contribution in [0.2, 0.25) is 0 Å². The Balaban J connectivity index is 1.17. The van der Waals surface area contributed by atoms with Gasteiger partial charge in [-0.05, 0) is 60.3 Å². The first-order valence-corrected chi connectivity index (χ1v) is 12.1. The Morgan fingerprint density at radius 2 is 1.70 bits per heavy atom. The van der Waals surface area contributed by atoms with Crippen LogP contribution in [0.15, 0.2) is 91.0 Å². The van der Waals surface area contributed by atoms with Crippen molar-refractivity contribution in [2.24, 2.45) is 5.92 Å². The fourth-order valence-electron chi connectivity index (χ4n) is 4.40. The minimum absolute atomic E-state index is 0.0343. The molecular weight excluding hydrogens is 468 g/mol. The van der Waals surface area contributed by atoms with E-state index >= 15 is 0 Å². The van der Waals surface area contributed by atoms with Gasteiger partial charge in [-0.2, -0.15) is 0 Å². The summed E-state index contributed by atoms with van der Waals surface area (Å²) in [7, 11) is 0. The molecule has 4 aromatic carbocycles. The summed E-state index contributed by atoms with van der Waals surface area (Å²) in [6.45, 7) is 1.71. The molecule has 0 unspecified atom stereocenters. The molecule has 0 aromatic heterocycles. The van der Waals surface area contributed by atoms with Gasteiger partial charge in [-0.3, -0.25) is 14.4 Å². The van der Waals surface area contributed by atoms with Crippen molar-refractivity contribution in [3.05, 3.63) is 96.6 Å². The van der Waals surface area contributed by atoms with Gasteiger partial charge in [0.2, 0.25) is 5.91 Å². The van der Waals surface area contributed by atoms with E-state index in [2.05, 4.69) is 5.32 Å². The summed E-state index contributed by atoms with van der Waals surface area (Å²) in [5, 5.41) is 4.80. The van der Waals surface area contributed by atoms with Crippen LogP contribution in [-0.4, -0.2) is 30.9 Å². The smallest absolute Gasteiger partial charge is 0.311 e. The van der Waals surface area contributed by atoms with Crippen molar-refractivity contribution in [2.45, 2.75) is 13.3 Å². The number of hydrogen-bond acceptors (Lipinski definition) is 5. The summed E-state index contributed by atoms with van der Waals surface area (Å²) in [5.41, 5.74) is 2.31. The molecule has 186 valence electrons. The summed E-state index contributed by atoms with van der Waals surface area (Å²) in [4.78, 5) is 38.9. The lowest BCUT2D eigenvalue weighted by atomic mass is 10.1. The Hall–Kier alpha value is -4.65. The van der Waals surface area contributed by atoms with Gasteiger partial charge in [-0.1, -0.05) is 48.5 Å². The molecule has 4 aromatic rings. The molecular formula is C30H26N2O5. The maximum absolute atomic E-state index is 12.6. The second-order valence-corrected chi connectivity index (χ2v) is 9.00. The van der Waals surface area contributed by atoms with Gasteiger partial charge in [0.05, 0.1) is 5.92 Å². The van der Waals surface area contributed by atoms with Gasteiger partial charge in [0.1, 0.15) is 11.5 Å². The molecule has 1 atom stereocenters. The third-order valence-electron chi connectivity index (χ3n) is 6.23. The lowest BCUT2D eigenvalue weighted by Gasteiger charge is -2.17. The number of nitrogens with zero attached hydrogens (tertiary/aromatic N) is 1. The number of ether oxygens (including phenoxy) is 2. The SMILES string of the molecule is Cc1cccc(NC(=O)COC(=O)[C@H]2CC(=O)N(c3ccc(Oc4cccc5ccccc45)cc3)C2)c1. The Bertz CT molecular complexity index is 1460. The highest BCUT2D eigenvalue weighted by molar-refractivity contribution is 6.00. The van der Waals surface area contributed by atoms with E-state index in [0.29, 0.717) is 17.1 Å². The highest BCUT2D eigenvalue weighted by Gasteiger charge is 2.36. The molecule has 37 heavy (non-hydrogen) atoms. The van der Waals surface area contributed by atoms with Crippen molar-refractivity contribution in [3.63, 3.8) is 0 Å². The first kappa shape index (κ1) is 24.1. The van der Waals surface area contributed by atoms with Gasteiger partial charge in [0.15, 0.2) is 6.61 Å². The summed E-state index contributed by atoms with van der Waals surface area (Å²) < 4.78 is 11.3. The Morgan fingerprint density at radius 1 is 0.946 bits per heavy atom. The first-order chi connectivity index (χ1) is 18.0. The Kier molecular flexibility index (Phi) is 6.85. The van der Waals surface area contributed by atoms with Crippen LogP contribution in [0.3, 0.4) is 0 Å². The summed E-state index contributed by atoms with van der Waals surface area (Å²) in [6, 6.07) is 28.4. The van der Waals surface area contributed by atoms with Crippen LogP contribution in [0.25, 0.3) is 10.8 Å². The standard InChI is InChI=1S/C30H26N2O5/c1-20-6-4-9-23(16-20)31-28(33)19-36-30(35)22-17-29(34)32(18-22)24-12-14-25(15-13-24)37-27-11-5-8-21-7-2-3-10-26(21)27/h2-16,22H,17-19H2,1H3,(H,31,33)/t22-/m0/s1. The van der Waals surface area contributed by atoms with Gasteiger partial charge in [-0.15, -0.1) is 0 Å². The number of hydrogen-bond donors (Lipinski definition) is 1. The summed E-state index contributed by atoms with van der Waals surface area (Å²) >= 11 is 0. The van der Waals surface area contributed by atoms with Crippen LogP contribution in [0, 0.1) is 12.8 Å². The van der Waals surface area contributed by atoms with E-state index in [-0.39, 0.29) is 18.9 Å². The third-order valence-corrected chi connectivity index (χ3v) is 6.23. The van der Waals surface area contributed by atoms with Crippen LogP contribution in [0.1, 0.15) is 12.0 Å². The van der Waals surface area contributed by atoms with Gasteiger partial charge >= 0.3 is 5.97 Å². The quantitative estimate of drug-likeness (QED) is 0.344. The zero-order chi connectivity index (χ0) is 25.8. The number of aryl methyl sites for hydroxylation is 1. The van der Waals surface area contributed by atoms with Crippen LogP contribution in [0.4, 0.5) is 11.4 Å². The molecule has 7 nitrogen and oxygen atoms in total. The number of nitrogens with one attached hydrogen (secondary N) is 1. The maximum Gasteiger partial charge on any atom is 0.311 e. The van der Waals surface area contributed by atoms with E-state index in [0.717, 1.165) is 22.1 Å². The summed E-state index contributed by atoms with van der Waals surface area (Å²) in [6.07, 6.45) is 0.0343. The Morgan fingerprint density at radius 3 is 2.51 bits per heavy atom. The van der Waals surface area contributed by atoms with Crippen molar-refractivity contribution >= 4 is 39.9 Å². The molecule has 1 aliphatic rings. The predicted molar refractivity (Wildman–Crippen MR) is 142 cm³/mol. The lowest BCUT2D eigenvalue weighted by molar-refractivity contribution is -0.151. The van der Waals surface area contributed by atoms with E-state index in [9.17, 15) is 14.4 Å². The highest BCUT2D eigenvalue weighted by Crippen LogP contribution is 2.32. The molecule has 1 aliphatic heterocycles. The molecule has 1 N–H and O–H groups in total. The third kappa shape index (κ3) is 5.62. The van der Waals surface area contributed by atoms with Crippen molar-refractivity contribution in [1.29, 1.82) is 0 Å². The number of anilines is 2. The topological polar surface area (TPSA) is 84.9 Å². The van der Waals surface area contributed by atoms with E-state index in [4.69, 9.17) is 9.47 Å². The minimum Gasteiger partial charge on any atom is -0.457 e. The van der Waals surface area contributed by atoms with Gasteiger partial charge in [-0.25, -0.2) is 0 Å². The van der Waals surface area contributed by atoms with Crippen molar-refractivity contribution in [1.82, 2.24) is 0 Å². The normalized spacial score (nSPS) is 15.0. The van der Waals surface area contributed by atoms with E-state index in [1.807, 2.05) is 67.6 Å². The largest absolute Gasteiger partial charge is 0.457 e. The Labute approximate surface area is 214 Å². The second kappa shape index (κ2) is 10.5. The molecule has 0 spiro atoms. The fourth-order valence-corrected chi connectivity index (χ4v) is 4.40. The molecule has 0 radical (unpaired) electrons. The first-order valence-electron chi connectivity index (χ1n) is 12.1. The number of carbonyl (C=O) groups is 3. The molecule has 0 aliphatic carbocycles. The summed E-state index contributed by atoms with van der Waals surface area (Å²) in [5.74, 6) is -0.410. The zero-order valence-corrected chi connectivity index (χ0v) is 20.3.